The van der Waals surface area contributed by atoms with E-state index in [1.54, 1.807) is 6.07 Å². The lowest BCUT2D eigenvalue weighted by Crippen LogP contribution is -2.17. The molecule has 0 fully saturated rings. The Morgan fingerprint density at radius 2 is 1.84 bits per heavy atom. The fourth-order valence-electron chi connectivity index (χ4n) is 3.13. The van der Waals surface area contributed by atoms with Gasteiger partial charge in [0.1, 0.15) is 5.52 Å². The van der Waals surface area contributed by atoms with Gasteiger partial charge in [-0.2, -0.15) is 5.10 Å². The highest BCUT2D eigenvalue weighted by Crippen LogP contribution is 2.24. The second kappa shape index (κ2) is 8.77. The molecule has 0 aliphatic heterocycles. The molecule has 0 aliphatic rings. The number of hydrogen-bond donors (Lipinski definition) is 2. The van der Waals surface area contributed by atoms with Gasteiger partial charge in [-0.25, -0.2) is 9.61 Å². The highest BCUT2D eigenvalue weighted by Gasteiger charge is 2.14. The monoisotopic (exact) mass is 433 g/mol. The quantitative estimate of drug-likeness (QED) is 0.444. The van der Waals surface area contributed by atoms with E-state index in [0.717, 1.165) is 16.8 Å². The third-order valence-corrected chi connectivity index (χ3v) is 5.85. The van der Waals surface area contributed by atoms with E-state index >= 15 is 0 Å². The third kappa shape index (κ3) is 4.69. The summed E-state index contributed by atoms with van der Waals surface area (Å²) in [4.78, 5) is 24.6. The van der Waals surface area contributed by atoms with Gasteiger partial charge in [-0.05, 0) is 36.6 Å². The number of aryl methyl sites for hydroxylation is 1. The predicted molar refractivity (Wildman–Crippen MR) is 124 cm³/mol. The van der Waals surface area contributed by atoms with Crippen molar-refractivity contribution in [3.8, 4) is 11.3 Å². The molecule has 0 spiro atoms. The molecule has 8 heteroatoms. The van der Waals surface area contributed by atoms with Gasteiger partial charge >= 0.3 is 0 Å². The van der Waals surface area contributed by atoms with Gasteiger partial charge in [-0.3, -0.25) is 9.59 Å². The van der Waals surface area contributed by atoms with Crippen molar-refractivity contribution in [2.24, 2.45) is 0 Å². The zero-order chi connectivity index (χ0) is 22.0. The van der Waals surface area contributed by atoms with Gasteiger partial charge < -0.3 is 5.32 Å². The molecule has 1 amide bonds. The van der Waals surface area contributed by atoms with Crippen LogP contribution in [-0.4, -0.2) is 31.5 Å². The average Bonchev–Trinajstić information content (AvgIpc) is 3.21. The summed E-state index contributed by atoms with van der Waals surface area (Å²) in [6.07, 6.45) is 0. The molecule has 2 aromatic heterocycles. The molecule has 2 heterocycles. The molecule has 0 unspecified atom stereocenters. The second-order valence-electron chi connectivity index (χ2n) is 7.64. The minimum atomic E-state index is -0.328. The fraction of sp³-hybridized carbons (Fsp3) is 0.217. The van der Waals surface area contributed by atoms with Crippen LogP contribution in [0.15, 0.2) is 64.5 Å². The van der Waals surface area contributed by atoms with E-state index in [4.69, 9.17) is 0 Å². The Morgan fingerprint density at radius 1 is 1.13 bits per heavy atom. The summed E-state index contributed by atoms with van der Waals surface area (Å²) in [5, 5.41) is 14.4. The van der Waals surface area contributed by atoms with Crippen LogP contribution in [0.3, 0.4) is 0 Å². The molecule has 7 nitrogen and oxygen atoms in total. The van der Waals surface area contributed by atoms with Crippen molar-refractivity contribution in [2.75, 3.05) is 11.1 Å². The van der Waals surface area contributed by atoms with Crippen molar-refractivity contribution < 1.29 is 4.79 Å². The molecule has 4 aromatic rings. The van der Waals surface area contributed by atoms with Crippen LogP contribution >= 0.6 is 11.8 Å². The van der Waals surface area contributed by atoms with E-state index in [0.29, 0.717) is 22.3 Å². The highest BCUT2D eigenvalue weighted by molar-refractivity contribution is 7.99. The summed E-state index contributed by atoms with van der Waals surface area (Å²) in [5.41, 5.74) is 4.76. The lowest BCUT2D eigenvalue weighted by Gasteiger charge is -2.06. The number of nitrogens with one attached hydrogen (secondary N) is 2. The van der Waals surface area contributed by atoms with E-state index in [9.17, 15) is 9.59 Å². The molecule has 0 aliphatic carbocycles. The van der Waals surface area contributed by atoms with Crippen molar-refractivity contribution in [2.45, 2.75) is 31.8 Å². The smallest absolute Gasteiger partial charge is 0.290 e. The zero-order valence-corrected chi connectivity index (χ0v) is 18.4. The second-order valence-corrected chi connectivity index (χ2v) is 8.58. The molecule has 0 bridgehead atoms. The lowest BCUT2D eigenvalue weighted by molar-refractivity contribution is -0.113. The summed E-state index contributed by atoms with van der Waals surface area (Å²) < 4.78 is 1.49. The Bertz CT molecular complexity index is 1270. The number of nitrogens with zero attached hydrogens (tertiary/aromatic N) is 3. The minimum absolute atomic E-state index is 0.139. The van der Waals surface area contributed by atoms with Crippen LogP contribution in [0.2, 0.25) is 0 Å². The summed E-state index contributed by atoms with van der Waals surface area (Å²) in [7, 11) is 0. The van der Waals surface area contributed by atoms with Crippen LogP contribution in [0, 0.1) is 6.92 Å². The lowest BCUT2D eigenvalue weighted by atomic mass is 10.0. The number of fused-ring (bicyclic) bond motifs is 1. The van der Waals surface area contributed by atoms with Crippen LogP contribution in [-0.2, 0) is 4.79 Å². The summed E-state index contributed by atoms with van der Waals surface area (Å²) >= 11 is 1.21. The van der Waals surface area contributed by atoms with Crippen LogP contribution in [0.1, 0.15) is 30.9 Å². The van der Waals surface area contributed by atoms with E-state index in [1.165, 1.54) is 21.8 Å². The van der Waals surface area contributed by atoms with Crippen LogP contribution in [0.5, 0.6) is 0 Å². The first kappa shape index (κ1) is 20.9. The summed E-state index contributed by atoms with van der Waals surface area (Å²) in [5.74, 6) is 0.420. The number of amides is 1. The number of aromatic nitrogens is 4. The Hall–Kier alpha value is -3.39. The first-order chi connectivity index (χ1) is 14.9. The molecule has 158 valence electrons. The standard InChI is InChI=1S/C23H23N5O2S/c1-14(2)16-6-8-17(9-7-16)19-12-20-22(30)25-26-23(28(20)27-19)31-13-21(29)24-18-10-4-15(3)5-11-18/h4-12,14H,13H2,1-3H3,(H,24,29)(H,25,30). The van der Waals surface area contributed by atoms with E-state index < -0.39 is 0 Å². The van der Waals surface area contributed by atoms with Crippen molar-refractivity contribution in [1.29, 1.82) is 0 Å². The van der Waals surface area contributed by atoms with Crippen LogP contribution in [0.4, 0.5) is 5.69 Å². The Morgan fingerprint density at radius 3 is 2.52 bits per heavy atom. The van der Waals surface area contributed by atoms with Crippen LogP contribution in [0.25, 0.3) is 16.8 Å². The van der Waals surface area contributed by atoms with E-state index in [1.807, 2.05) is 43.3 Å². The highest BCUT2D eigenvalue weighted by atomic mass is 32.2. The number of H-pyrrole nitrogens is 1. The number of hydrogen-bond acceptors (Lipinski definition) is 5. The maximum Gasteiger partial charge on any atom is 0.290 e. The molecule has 0 saturated carbocycles. The Labute approximate surface area is 183 Å². The van der Waals surface area contributed by atoms with Gasteiger partial charge in [-0.1, -0.05) is 67.6 Å². The number of carbonyl (C=O) groups is 1. The molecule has 2 aromatic carbocycles. The number of carbonyl (C=O) groups excluding carboxylic acids is 1. The number of aromatic amines is 1. The Balaban J connectivity index is 1.54. The van der Waals surface area contributed by atoms with Crippen molar-refractivity contribution in [3.05, 3.63) is 76.1 Å². The molecular weight excluding hydrogens is 410 g/mol. The van der Waals surface area contributed by atoms with Crippen LogP contribution < -0.4 is 10.9 Å². The predicted octanol–water partition coefficient (Wildman–Crippen LogP) is 4.25. The normalized spacial score (nSPS) is 11.2. The van der Waals surface area contributed by atoms with Crippen molar-refractivity contribution >= 4 is 28.9 Å². The van der Waals surface area contributed by atoms with Crippen molar-refractivity contribution in [1.82, 2.24) is 19.8 Å². The molecule has 0 radical (unpaired) electrons. The van der Waals surface area contributed by atoms with Gasteiger partial charge in [0.15, 0.2) is 0 Å². The molecule has 0 atom stereocenters. The first-order valence-corrected chi connectivity index (χ1v) is 11.0. The molecular formula is C23H23N5O2S. The zero-order valence-electron chi connectivity index (χ0n) is 17.5. The average molecular weight is 434 g/mol. The topological polar surface area (TPSA) is 92.1 Å². The minimum Gasteiger partial charge on any atom is -0.325 e. The maximum atomic E-state index is 12.3. The fourth-order valence-corrected chi connectivity index (χ4v) is 3.83. The molecule has 31 heavy (non-hydrogen) atoms. The van der Waals surface area contributed by atoms with E-state index in [2.05, 4.69) is 46.6 Å². The van der Waals surface area contributed by atoms with Gasteiger partial charge in [0.2, 0.25) is 11.1 Å². The molecule has 4 rings (SSSR count). The largest absolute Gasteiger partial charge is 0.325 e. The first-order valence-electron chi connectivity index (χ1n) is 9.99. The number of benzene rings is 2. The van der Waals surface area contributed by atoms with Gasteiger partial charge in [-0.15, -0.1) is 5.10 Å². The van der Waals surface area contributed by atoms with Gasteiger partial charge in [0, 0.05) is 11.3 Å². The number of thioether (sulfide) groups is 1. The van der Waals surface area contributed by atoms with Gasteiger partial charge in [0.25, 0.3) is 5.56 Å². The maximum absolute atomic E-state index is 12.3. The SMILES string of the molecule is Cc1ccc(NC(=O)CSc2n[nH]c(=O)c3cc(-c4ccc(C(C)C)cc4)nn23)cc1. The summed E-state index contributed by atoms with van der Waals surface area (Å²) in [6.45, 7) is 6.28. The molecule has 0 saturated heterocycles. The Kier molecular flexibility index (Phi) is 5.90. The number of rotatable bonds is 6. The van der Waals surface area contributed by atoms with Crippen molar-refractivity contribution in [3.63, 3.8) is 0 Å². The molecule has 2 N–H and O–H groups in total. The number of anilines is 1. The van der Waals surface area contributed by atoms with Gasteiger partial charge in [0.05, 0.1) is 11.4 Å². The van der Waals surface area contributed by atoms with E-state index in [-0.39, 0.29) is 17.2 Å². The third-order valence-electron chi connectivity index (χ3n) is 4.92. The summed E-state index contributed by atoms with van der Waals surface area (Å²) in [6, 6.07) is 17.5.